The lowest BCUT2D eigenvalue weighted by atomic mass is 10.2. The van der Waals surface area contributed by atoms with Crippen LogP contribution in [0.5, 0.6) is 0 Å². The van der Waals surface area contributed by atoms with Gasteiger partial charge in [-0.25, -0.2) is 0 Å². The number of aliphatic hydroxyl groups is 1. The van der Waals surface area contributed by atoms with Crippen molar-refractivity contribution in [1.29, 1.82) is 0 Å². The Morgan fingerprint density at radius 2 is 2.05 bits per heavy atom. The number of hydrogen-bond acceptors (Lipinski definition) is 5. The summed E-state index contributed by atoms with van der Waals surface area (Å²) in [6.07, 6.45) is 3.31. The lowest BCUT2D eigenvalue weighted by Gasteiger charge is -2.33. The highest BCUT2D eigenvalue weighted by Crippen LogP contribution is 2.02. The van der Waals surface area contributed by atoms with Crippen LogP contribution in [0.3, 0.4) is 0 Å². The molecule has 2 N–H and O–H groups in total. The maximum Gasteiger partial charge on any atom is 0.311 e. The van der Waals surface area contributed by atoms with E-state index in [4.69, 9.17) is 5.11 Å². The Bertz CT molecular complexity index is 472. The van der Waals surface area contributed by atoms with E-state index in [0.29, 0.717) is 39.3 Å². The molecule has 1 aliphatic heterocycles. The Balaban J connectivity index is 1.76. The zero-order valence-electron chi connectivity index (χ0n) is 11.9. The van der Waals surface area contributed by atoms with Crippen molar-refractivity contribution < 1.29 is 14.7 Å². The van der Waals surface area contributed by atoms with Gasteiger partial charge in [0.15, 0.2) is 0 Å². The molecule has 0 radical (unpaired) electrons. The van der Waals surface area contributed by atoms with E-state index in [2.05, 4.69) is 15.2 Å². The van der Waals surface area contributed by atoms with Gasteiger partial charge in [0.25, 0.3) is 0 Å². The van der Waals surface area contributed by atoms with Gasteiger partial charge in [-0.3, -0.25) is 19.5 Å². The maximum atomic E-state index is 12.0. The molecule has 2 rings (SSSR count). The molecule has 0 bridgehead atoms. The van der Waals surface area contributed by atoms with E-state index in [1.807, 2.05) is 6.07 Å². The number of pyridine rings is 1. The molecule has 0 aromatic carbocycles. The lowest BCUT2D eigenvalue weighted by molar-refractivity contribution is -0.147. The molecule has 1 aromatic heterocycles. The number of hydrogen-bond donors (Lipinski definition) is 2. The van der Waals surface area contributed by atoms with Crippen LogP contribution in [0.2, 0.25) is 0 Å². The summed E-state index contributed by atoms with van der Waals surface area (Å²) in [6.45, 7) is 3.40. The normalized spacial score (nSPS) is 15.8. The summed E-state index contributed by atoms with van der Waals surface area (Å²) in [5, 5.41) is 11.5. The summed E-state index contributed by atoms with van der Waals surface area (Å²) in [4.78, 5) is 31.4. The van der Waals surface area contributed by atoms with E-state index in [9.17, 15) is 9.59 Å². The summed E-state index contributed by atoms with van der Waals surface area (Å²) in [7, 11) is 0. The predicted octanol–water partition coefficient (Wildman–Crippen LogP) is -1.17. The van der Waals surface area contributed by atoms with Crippen LogP contribution >= 0.6 is 0 Å². The second kappa shape index (κ2) is 7.70. The molecule has 7 nitrogen and oxygen atoms in total. The molecule has 1 aromatic rings. The Kier molecular flexibility index (Phi) is 5.65. The molecule has 7 heteroatoms. The van der Waals surface area contributed by atoms with E-state index in [-0.39, 0.29) is 6.61 Å². The fourth-order valence-electron chi connectivity index (χ4n) is 2.22. The molecule has 0 atom stereocenters. The van der Waals surface area contributed by atoms with Gasteiger partial charge in [-0.2, -0.15) is 0 Å². The van der Waals surface area contributed by atoms with Crippen molar-refractivity contribution in [2.24, 2.45) is 0 Å². The van der Waals surface area contributed by atoms with Crippen LogP contribution in [0.1, 0.15) is 5.56 Å². The molecular formula is C14H20N4O3. The third-order valence-corrected chi connectivity index (χ3v) is 3.45. The van der Waals surface area contributed by atoms with Crippen LogP contribution in [-0.4, -0.2) is 71.0 Å². The number of carbonyl (C=O) groups excluding carboxylic acids is 2. The zero-order valence-corrected chi connectivity index (χ0v) is 11.9. The number of piperazine rings is 1. The molecule has 1 aliphatic rings. The van der Waals surface area contributed by atoms with Crippen LogP contribution < -0.4 is 5.32 Å². The van der Waals surface area contributed by atoms with Crippen molar-refractivity contribution in [1.82, 2.24) is 20.1 Å². The first kappa shape index (κ1) is 15.4. The number of nitrogens with zero attached hydrogens (tertiary/aromatic N) is 3. The van der Waals surface area contributed by atoms with Crippen LogP contribution in [0.15, 0.2) is 24.5 Å². The number of aliphatic hydroxyl groups excluding tert-OH is 1. The Hall–Kier alpha value is -1.99. The minimum atomic E-state index is -0.588. The number of nitrogens with one attached hydrogen (secondary N) is 1. The molecular weight excluding hydrogens is 272 g/mol. The molecule has 1 saturated heterocycles. The molecule has 114 valence electrons. The van der Waals surface area contributed by atoms with Crippen LogP contribution in [0, 0.1) is 0 Å². The van der Waals surface area contributed by atoms with Crippen molar-refractivity contribution in [2.45, 2.75) is 6.54 Å². The second-order valence-electron chi connectivity index (χ2n) is 4.90. The number of β-amino-alcohol motifs (C(OH)–C–C–N with tert-alkyl or cyclic N) is 1. The predicted molar refractivity (Wildman–Crippen MR) is 76.2 cm³/mol. The van der Waals surface area contributed by atoms with Crippen molar-refractivity contribution in [2.75, 3.05) is 39.3 Å². The average molecular weight is 292 g/mol. The Morgan fingerprint density at radius 3 is 2.67 bits per heavy atom. The van der Waals surface area contributed by atoms with Crippen molar-refractivity contribution in [3.63, 3.8) is 0 Å². The third kappa shape index (κ3) is 4.51. The molecule has 21 heavy (non-hydrogen) atoms. The fourth-order valence-corrected chi connectivity index (χ4v) is 2.22. The standard InChI is InChI=1S/C14H20N4O3/c19-9-8-17-4-6-18(7-5-17)14(21)13(20)16-11-12-2-1-3-15-10-12/h1-3,10,19H,4-9,11H2,(H,16,20). The highest BCUT2D eigenvalue weighted by Gasteiger charge is 2.25. The van der Waals surface area contributed by atoms with Gasteiger partial charge < -0.3 is 15.3 Å². The second-order valence-corrected chi connectivity index (χ2v) is 4.90. The summed E-state index contributed by atoms with van der Waals surface area (Å²) in [5.41, 5.74) is 0.853. The first-order chi connectivity index (χ1) is 10.2. The molecule has 0 spiro atoms. The maximum absolute atomic E-state index is 12.0. The summed E-state index contributed by atoms with van der Waals surface area (Å²) < 4.78 is 0. The van der Waals surface area contributed by atoms with Gasteiger partial charge in [0.05, 0.1) is 6.61 Å². The van der Waals surface area contributed by atoms with Gasteiger partial charge in [0.1, 0.15) is 0 Å². The van der Waals surface area contributed by atoms with E-state index in [0.717, 1.165) is 5.56 Å². The van der Waals surface area contributed by atoms with Gasteiger partial charge in [-0.05, 0) is 11.6 Å². The number of rotatable bonds is 4. The van der Waals surface area contributed by atoms with Gasteiger partial charge in [0, 0.05) is 51.7 Å². The molecule has 1 fully saturated rings. The van der Waals surface area contributed by atoms with Crippen LogP contribution in [-0.2, 0) is 16.1 Å². The van der Waals surface area contributed by atoms with Crippen molar-refractivity contribution in [3.05, 3.63) is 30.1 Å². The fraction of sp³-hybridized carbons (Fsp3) is 0.500. The topological polar surface area (TPSA) is 85.8 Å². The van der Waals surface area contributed by atoms with E-state index < -0.39 is 11.8 Å². The smallest absolute Gasteiger partial charge is 0.311 e. The molecule has 2 heterocycles. The van der Waals surface area contributed by atoms with Crippen molar-refractivity contribution >= 4 is 11.8 Å². The number of carbonyl (C=O) groups is 2. The first-order valence-electron chi connectivity index (χ1n) is 7.00. The van der Waals surface area contributed by atoms with Gasteiger partial charge in [0.2, 0.25) is 0 Å². The summed E-state index contributed by atoms with van der Waals surface area (Å²) in [5.74, 6) is -1.09. The van der Waals surface area contributed by atoms with Gasteiger partial charge in [-0.1, -0.05) is 6.07 Å². The van der Waals surface area contributed by atoms with Gasteiger partial charge in [-0.15, -0.1) is 0 Å². The lowest BCUT2D eigenvalue weighted by Crippen LogP contribution is -2.52. The number of amides is 2. The highest BCUT2D eigenvalue weighted by atomic mass is 16.3. The highest BCUT2D eigenvalue weighted by molar-refractivity contribution is 6.34. The quantitative estimate of drug-likeness (QED) is 0.683. The molecule has 0 unspecified atom stereocenters. The van der Waals surface area contributed by atoms with Gasteiger partial charge >= 0.3 is 11.8 Å². The monoisotopic (exact) mass is 292 g/mol. The average Bonchev–Trinajstić information content (AvgIpc) is 2.54. The SMILES string of the molecule is O=C(NCc1cccnc1)C(=O)N1CCN(CCO)CC1. The number of aromatic nitrogens is 1. The molecule has 0 aliphatic carbocycles. The Labute approximate surface area is 123 Å². The molecule has 2 amide bonds. The minimum absolute atomic E-state index is 0.111. The van der Waals surface area contributed by atoms with Crippen LogP contribution in [0.4, 0.5) is 0 Å². The third-order valence-electron chi connectivity index (χ3n) is 3.45. The first-order valence-corrected chi connectivity index (χ1v) is 7.00. The zero-order chi connectivity index (χ0) is 15.1. The summed E-state index contributed by atoms with van der Waals surface area (Å²) in [6, 6.07) is 3.62. The van der Waals surface area contributed by atoms with E-state index in [1.54, 1.807) is 23.4 Å². The van der Waals surface area contributed by atoms with Crippen molar-refractivity contribution in [3.8, 4) is 0 Å². The largest absolute Gasteiger partial charge is 0.395 e. The van der Waals surface area contributed by atoms with E-state index in [1.165, 1.54) is 0 Å². The summed E-state index contributed by atoms with van der Waals surface area (Å²) >= 11 is 0. The minimum Gasteiger partial charge on any atom is -0.395 e. The van der Waals surface area contributed by atoms with Crippen LogP contribution in [0.25, 0.3) is 0 Å². The molecule has 0 saturated carbocycles. The van der Waals surface area contributed by atoms with E-state index >= 15 is 0 Å². The Morgan fingerprint density at radius 1 is 1.29 bits per heavy atom.